The summed E-state index contributed by atoms with van der Waals surface area (Å²) in [6.07, 6.45) is 1.54. The van der Waals surface area contributed by atoms with E-state index in [9.17, 15) is 9.59 Å². The lowest BCUT2D eigenvalue weighted by Crippen LogP contribution is -2.29. The van der Waals surface area contributed by atoms with Gasteiger partial charge in [-0.25, -0.2) is 0 Å². The van der Waals surface area contributed by atoms with Crippen molar-refractivity contribution < 1.29 is 24.2 Å². The second-order valence-electron chi connectivity index (χ2n) is 4.74. The number of rotatable bonds is 9. The SMILES string of the molecule is COc1cc(/C=C(\SC=S)C(=O)N(C)CCC(=O)O)cc(OC)c1. The second kappa shape index (κ2) is 9.94. The minimum atomic E-state index is -0.958. The van der Waals surface area contributed by atoms with E-state index in [1.165, 1.54) is 9.60 Å². The highest BCUT2D eigenvalue weighted by atomic mass is 32.2. The molecule has 6 nitrogen and oxygen atoms in total. The maximum absolute atomic E-state index is 12.5. The molecule has 1 aromatic carbocycles. The average molecular weight is 369 g/mol. The zero-order valence-corrected chi connectivity index (χ0v) is 15.3. The number of hydrogen-bond donors (Lipinski definition) is 1. The van der Waals surface area contributed by atoms with Gasteiger partial charge in [0.05, 0.1) is 25.5 Å². The third-order valence-electron chi connectivity index (χ3n) is 3.07. The lowest BCUT2D eigenvalue weighted by atomic mass is 10.2. The fourth-order valence-corrected chi connectivity index (χ4v) is 2.69. The fourth-order valence-electron chi connectivity index (χ4n) is 1.82. The van der Waals surface area contributed by atoms with Gasteiger partial charge in [0.25, 0.3) is 5.91 Å². The van der Waals surface area contributed by atoms with Crippen LogP contribution in [0.3, 0.4) is 0 Å². The van der Waals surface area contributed by atoms with E-state index in [1.807, 2.05) is 0 Å². The molecule has 130 valence electrons. The molecule has 1 N–H and O–H groups in total. The highest BCUT2D eigenvalue weighted by Crippen LogP contribution is 2.26. The highest BCUT2D eigenvalue weighted by Gasteiger charge is 2.16. The van der Waals surface area contributed by atoms with Gasteiger partial charge in [0, 0.05) is 24.4 Å². The summed E-state index contributed by atoms with van der Waals surface area (Å²) in [6, 6.07) is 5.25. The molecule has 0 aromatic heterocycles. The van der Waals surface area contributed by atoms with Gasteiger partial charge in [0.15, 0.2) is 0 Å². The first-order valence-corrected chi connectivity index (χ1v) is 8.28. The molecule has 0 aliphatic heterocycles. The molecule has 0 fully saturated rings. The van der Waals surface area contributed by atoms with Crippen LogP contribution in [0.15, 0.2) is 23.1 Å². The molecule has 0 unspecified atom stereocenters. The first-order valence-electron chi connectivity index (χ1n) is 6.93. The van der Waals surface area contributed by atoms with Gasteiger partial charge in [-0.3, -0.25) is 9.59 Å². The Balaban J connectivity index is 3.09. The molecule has 0 aliphatic carbocycles. The van der Waals surface area contributed by atoms with Crippen molar-refractivity contribution in [1.29, 1.82) is 0 Å². The minimum Gasteiger partial charge on any atom is -0.497 e. The van der Waals surface area contributed by atoms with Gasteiger partial charge in [0.1, 0.15) is 11.5 Å². The number of carboxylic acids is 1. The number of hydrogen-bond acceptors (Lipinski definition) is 6. The molecule has 1 aromatic rings. The predicted molar refractivity (Wildman–Crippen MR) is 98.7 cm³/mol. The molecule has 8 heteroatoms. The summed E-state index contributed by atoms with van der Waals surface area (Å²) in [5, 5.41) is 8.73. The molecular weight excluding hydrogens is 350 g/mol. The molecule has 1 rings (SSSR count). The third-order valence-corrected chi connectivity index (χ3v) is 4.00. The van der Waals surface area contributed by atoms with Gasteiger partial charge < -0.3 is 19.5 Å². The summed E-state index contributed by atoms with van der Waals surface area (Å²) in [5.74, 6) is -0.0673. The summed E-state index contributed by atoms with van der Waals surface area (Å²) >= 11 is 5.94. The molecule has 0 bridgehead atoms. The maximum Gasteiger partial charge on any atom is 0.305 e. The van der Waals surface area contributed by atoms with Gasteiger partial charge >= 0.3 is 5.97 Å². The minimum absolute atomic E-state index is 0.116. The van der Waals surface area contributed by atoms with Crippen molar-refractivity contribution in [2.45, 2.75) is 6.42 Å². The zero-order chi connectivity index (χ0) is 18.1. The van der Waals surface area contributed by atoms with Crippen molar-refractivity contribution in [3.63, 3.8) is 0 Å². The summed E-state index contributed by atoms with van der Waals surface area (Å²) in [5.41, 5.74) is 0.713. The van der Waals surface area contributed by atoms with Crippen molar-refractivity contribution >= 4 is 46.6 Å². The average Bonchev–Trinajstić information content (AvgIpc) is 2.58. The van der Waals surface area contributed by atoms with E-state index < -0.39 is 5.97 Å². The van der Waals surface area contributed by atoms with Crippen LogP contribution in [0.2, 0.25) is 0 Å². The number of likely N-dealkylation sites (N-methyl/N-ethyl adjacent to an activating group) is 1. The number of carboxylic acid groups (broad SMARTS) is 1. The van der Waals surface area contributed by atoms with E-state index in [0.717, 1.165) is 11.8 Å². The van der Waals surface area contributed by atoms with Gasteiger partial charge in [-0.1, -0.05) is 24.0 Å². The number of benzene rings is 1. The summed E-state index contributed by atoms with van der Waals surface area (Å²) < 4.78 is 11.8. The standard InChI is InChI=1S/C16H19NO5S2/c1-17(5-4-15(18)19)16(20)14(24-10-23)8-11-6-12(21-2)9-13(7-11)22-3/h6-10H,4-5H2,1-3H3,(H,18,19)/b14-8-. The number of ether oxygens (including phenoxy) is 2. The Hall–Kier alpha value is -2.06. The van der Waals surface area contributed by atoms with Crippen LogP contribution in [-0.4, -0.2) is 54.4 Å². The Labute approximate surface area is 150 Å². The van der Waals surface area contributed by atoms with Crippen LogP contribution < -0.4 is 9.47 Å². The van der Waals surface area contributed by atoms with Crippen LogP contribution in [-0.2, 0) is 9.59 Å². The number of carbonyl (C=O) groups excluding carboxylic acids is 1. The summed E-state index contributed by atoms with van der Waals surface area (Å²) in [6.45, 7) is 0.116. The van der Waals surface area contributed by atoms with Crippen LogP contribution in [0.1, 0.15) is 12.0 Å². The Kier molecular flexibility index (Phi) is 8.28. The molecule has 0 saturated heterocycles. The van der Waals surface area contributed by atoms with Crippen molar-refractivity contribution in [2.24, 2.45) is 0 Å². The first kappa shape index (κ1) is 20.0. The van der Waals surface area contributed by atoms with Crippen molar-refractivity contribution in [2.75, 3.05) is 27.8 Å². The Morgan fingerprint density at radius 3 is 2.29 bits per heavy atom. The van der Waals surface area contributed by atoms with E-state index in [4.69, 9.17) is 26.8 Å². The maximum atomic E-state index is 12.5. The highest BCUT2D eigenvalue weighted by molar-refractivity contribution is 8.24. The van der Waals surface area contributed by atoms with Crippen molar-refractivity contribution in [1.82, 2.24) is 4.90 Å². The van der Waals surface area contributed by atoms with E-state index >= 15 is 0 Å². The molecule has 0 aliphatic rings. The molecule has 0 heterocycles. The molecule has 24 heavy (non-hydrogen) atoms. The number of amides is 1. The molecule has 0 radical (unpaired) electrons. The van der Waals surface area contributed by atoms with Gasteiger partial charge in [-0.05, 0) is 23.8 Å². The number of aliphatic carboxylic acids is 1. The van der Waals surface area contributed by atoms with Gasteiger partial charge in [-0.2, -0.15) is 0 Å². The fraction of sp³-hybridized carbons (Fsp3) is 0.312. The number of methoxy groups -OCH3 is 2. The normalized spacial score (nSPS) is 10.9. The number of nitrogens with zero attached hydrogens (tertiary/aromatic N) is 1. The third kappa shape index (κ3) is 6.21. The quantitative estimate of drug-likeness (QED) is 0.530. The van der Waals surface area contributed by atoms with Crippen LogP contribution in [0.25, 0.3) is 6.08 Å². The predicted octanol–water partition coefficient (Wildman–Crippen LogP) is 2.67. The topological polar surface area (TPSA) is 76.1 Å². The number of thiocarbonyl (C=S) groups is 1. The number of thioether (sulfide) groups is 1. The van der Waals surface area contributed by atoms with E-state index in [-0.39, 0.29) is 18.9 Å². The van der Waals surface area contributed by atoms with Crippen LogP contribution in [0, 0.1) is 0 Å². The van der Waals surface area contributed by atoms with E-state index in [0.29, 0.717) is 22.0 Å². The Morgan fingerprint density at radius 1 is 1.25 bits per heavy atom. The van der Waals surface area contributed by atoms with Crippen LogP contribution in [0.4, 0.5) is 0 Å². The Morgan fingerprint density at radius 2 is 1.83 bits per heavy atom. The molecule has 0 spiro atoms. The van der Waals surface area contributed by atoms with E-state index in [2.05, 4.69) is 0 Å². The monoisotopic (exact) mass is 369 g/mol. The lowest BCUT2D eigenvalue weighted by molar-refractivity contribution is -0.137. The lowest BCUT2D eigenvalue weighted by Gasteiger charge is -2.17. The Bertz CT molecular complexity index is 623. The van der Waals surface area contributed by atoms with E-state index in [1.54, 1.807) is 45.5 Å². The van der Waals surface area contributed by atoms with Crippen LogP contribution >= 0.6 is 24.0 Å². The van der Waals surface area contributed by atoms with Crippen LogP contribution in [0.5, 0.6) is 11.5 Å². The molecule has 0 atom stereocenters. The molecular formula is C16H19NO5S2. The van der Waals surface area contributed by atoms with Gasteiger partial charge in [-0.15, -0.1) is 0 Å². The summed E-state index contributed by atoms with van der Waals surface area (Å²) in [7, 11) is 4.63. The summed E-state index contributed by atoms with van der Waals surface area (Å²) in [4.78, 5) is 24.9. The number of carbonyl (C=O) groups is 2. The smallest absolute Gasteiger partial charge is 0.305 e. The first-order chi connectivity index (χ1) is 11.4. The molecule has 1 amide bonds. The van der Waals surface area contributed by atoms with Crippen molar-refractivity contribution in [3.05, 3.63) is 28.7 Å². The largest absolute Gasteiger partial charge is 0.497 e. The van der Waals surface area contributed by atoms with Crippen molar-refractivity contribution in [3.8, 4) is 11.5 Å². The second-order valence-corrected chi connectivity index (χ2v) is 6.18. The van der Waals surface area contributed by atoms with Gasteiger partial charge in [0.2, 0.25) is 0 Å². The zero-order valence-electron chi connectivity index (χ0n) is 13.6. The molecule has 0 saturated carbocycles.